The standard InChI is InChI=1S/C6H7NOS/c7-6(9)4-5-2-1-3-8-5/h1-3H,4H2,(H2,7,9). The molecule has 0 radical (unpaired) electrons. The van der Waals surface area contributed by atoms with E-state index >= 15 is 0 Å². The van der Waals surface area contributed by atoms with Crippen molar-refractivity contribution in [3.63, 3.8) is 0 Å². The molecule has 0 unspecified atom stereocenters. The van der Waals surface area contributed by atoms with Crippen LogP contribution >= 0.6 is 12.2 Å². The Morgan fingerprint density at radius 2 is 2.56 bits per heavy atom. The van der Waals surface area contributed by atoms with Crippen LogP contribution in [0.3, 0.4) is 0 Å². The van der Waals surface area contributed by atoms with Crippen LogP contribution in [0.2, 0.25) is 0 Å². The van der Waals surface area contributed by atoms with E-state index in [2.05, 4.69) is 12.2 Å². The summed E-state index contributed by atoms with van der Waals surface area (Å²) < 4.78 is 4.98. The van der Waals surface area contributed by atoms with Crippen LogP contribution in [0.5, 0.6) is 0 Å². The van der Waals surface area contributed by atoms with Gasteiger partial charge < -0.3 is 10.2 Å². The Balaban J connectivity index is 2.58. The number of nitrogens with two attached hydrogens (primary N) is 1. The smallest absolute Gasteiger partial charge is 0.110 e. The lowest BCUT2D eigenvalue weighted by atomic mass is 10.3. The molecule has 0 saturated carbocycles. The molecule has 2 N–H and O–H groups in total. The van der Waals surface area contributed by atoms with Gasteiger partial charge in [-0.2, -0.15) is 0 Å². The number of hydrogen-bond donors (Lipinski definition) is 1. The van der Waals surface area contributed by atoms with Gasteiger partial charge in [0.05, 0.1) is 17.7 Å². The second-order valence-electron chi connectivity index (χ2n) is 1.72. The maximum absolute atomic E-state index is 5.26. The molecule has 0 saturated heterocycles. The van der Waals surface area contributed by atoms with Gasteiger partial charge in [0.1, 0.15) is 5.76 Å². The summed E-state index contributed by atoms with van der Waals surface area (Å²) in [6.07, 6.45) is 2.16. The van der Waals surface area contributed by atoms with Crippen LogP contribution in [-0.2, 0) is 6.42 Å². The van der Waals surface area contributed by atoms with Crippen LogP contribution in [0.25, 0.3) is 0 Å². The molecular weight excluding hydrogens is 134 g/mol. The van der Waals surface area contributed by atoms with Crippen LogP contribution in [-0.4, -0.2) is 4.99 Å². The lowest BCUT2D eigenvalue weighted by molar-refractivity contribution is 0.527. The molecule has 1 aromatic rings. The lowest BCUT2D eigenvalue weighted by Gasteiger charge is -1.89. The monoisotopic (exact) mass is 141 g/mol. The van der Waals surface area contributed by atoms with Crippen LogP contribution in [0, 0.1) is 0 Å². The van der Waals surface area contributed by atoms with E-state index in [0.717, 1.165) is 5.76 Å². The van der Waals surface area contributed by atoms with Crippen molar-refractivity contribution in [2.24, 2.45) is 5.73 Å². The molecule has 9 heavy (non-hydrogen) atoms. The fourth-order valence-electron chi connectivity index (χ4n) is 0.585. The van der Waals surface area contributed by atoms with Crippen molar-refractivity contribution in [3.05, 3.63) is 24.2 Å². The lowest BCUT2D eigenvalue weighted by Crippen LogP contribution is -2.10. The number of furan rings is 1. The zero-order chi connectivity index (χ0) is 6.69. The molecule has 0 spiro atoms. The van der Waals surface area contributed by atoms with Gasteiger partial charge in [-0.25, -0.2) is 0 Å². The second-order valence-corrected chi connectivity index (χ2v) is 2.25. The van der Waals surface area contributed by atoms with Crippen LogP contribution in [0.1, 0.15) is 5.76 Å². The van der Waals surface area contributed by atoms with Gasteiger partial charge in [-0.05, 0) is 12.1 Å². The molecular formula is C6H7NOS. The van der Waals surface area contributed by atoms with Crippen molar-refractivity contribution in [1.82, 2.24) is 0 Å². The molecule has 0 bridgehead atoms. The molecule has 48 valence electrons. The van der Waals surface area contributed by atoms with Gasteiger partial charge in [0.15, 0.2) is 0 Å². The topological polar surface area (TPSA) is 39.2 Å². The van der Waals surface area contributed by atoms with Crippen molar-refractivity contribution in [3.8, 4) is 0 Å². The average molecular weight is 141 g/mol. The highest BCUT2D eigenvalue weighted by Crippen LogP contribution is 1.99. The highest BCUT2D eigenvalue weighted by atomic mass is 32.1. The largest absolute Gasteiger partial charge is 0.469 e. The summed E-state index contributed by atoms with van der Waals surface area (Å²) in [4.78, 5) is 0.463. The quantitative estimate of drug-likeness (QED) is 0.627. The maximum Gasteiger partial charge on any atom is 0.110 e. The fourth-order valence-corrected chi connectivity index (χ4v) is 0.727. The molecule has 0 aliphatic carbocycles. The molecule has 0 atom stereocenters. The van der Waals surface area contributed by atoms with Crippen molar-refractivity contribution in [2.75, 3.05) is 0 Å². The van der Waals surface area contributed by atoms with E-state index in [4.69, 9.17) is 10.2 Å². The Kier molecular flexibility index (Phi) is 1.85. The second kappa shape index (κ2) is 2.64. The normalized spacial score (nSPS) is 9.33. The molecule has 2 nitrogen and oxygen atoms in total. The van der Waals surface area contributed by atoms with Crippen LogP contribution in [0.15, 0.2) is 22.8 Å². The van der Waals surface area contributed by atoms with E-state index in [-0.39, 0.29) is 0 Å². The zero-order valence-electron chi connectivity index (χ0n) is 4.83. The van der Waals surface area contributed by atoms with E-state index in [1.807, 2.05) is 12.1 Å². The Labute approximate surface area is 58.7 Å². The SMILES string of the molecule is NC(=S)Cc1ccco1. The molecule has 0 fully saturated rings. The van der Waals surface area contributed by atoms with E-state index < -0.39 is 0 Å². The summed E-state index contributed by atoms with van der Waals surface area (Å²) in [5.41, 5.74) is 5.26. The minimum absolute atomic E-state index is 0.463. The van der Waals surface area contributed by atoms with Gasteiger partial charge >= 0.3 is 0 Å². The van der Waals surface area contributed by atoms with Crippen molar-refractivity contribution >= 4 is 17.2 Å². The molecule has 0 aromatic carbocycles. The van der Waals surface area contributed by atoms with Gasteiger partial charge in [0, 0.05) is 0 Å². The third-order valence-corrected chi connectivity index (χ3v) is 1.07. The van der Waals surface area contributed by atoms with Gasteiger partial charge in [0.2, 0.25) is 0 Å². The Bertz CT molecular complexity index is 193. The predicted molar refractivity (Wildman–Crippen MR) is 39.2 cm³/mol. The highest BCUT2D eigenvalue weighted by molar-refractivity contribution is 7.80. The first-order valence-electron chi connectivity index (χ1n) is 2.60. The Hall–Kier alpha value is -0.830. The van der Waals surface area contributed by atoms with E-state index in [1.54, 1.807) is 6.26 Å². The van der Waals surface area contributed by atoms with Crippen LogP contribution in [0.4, 0.5) is 0 Å². The summed E-state index contributed by atoms with van der Waals surface area (Å²) in [6, 6.07) is 3.66. The Morgan fingerprint density at radius 1 is 1.78 bits per heavy atom. The minimum Gasteiger partial charge on any atom is -0.469 e. The maximum atomic E-state index is 5.26. The average Bonchev–Trinajstić information content (AvgIpc) is 2.15. The van der Waals surface area contributed by atoms with E-state index in [1.165, 1.54) is 0 Å². The number of thiocarbonyl (C=S) groups is 1. The fraction of sp³-hybridized carbons (Fsp3) is 0.167. The number of hydrogen-bond acceptors (Lipinski definition) is 2. The molecule has 0 aliphatic rings. The Morgan fingerprint density at radius 3 is 3.00 bits per heavy atom. The first kappa shape index (κ1) is 6.29. The predicted octanol–water partition coefficient (Wildman–Crippen LogP) is 1.11. The van der Waals surface area contributed by atoms with Crippen molar-refractivity contribution < 1.29 is 4.42 Å². The molecule has 3 heteroatoms. The molecule has 0 aliphatic heterocycles. The first-order valence-corrected chi connectivity index (χ1v) is 3.00. The molecule has 1 heterocycles. The zero-order valence-corrected chi connectivity index (χ0v) is 5.65. The molecule has 1 rings (SSSR count). The summed E-state index contributed by atoms with van der Waals surface area (Å²) in [6.45, 7) is 0. The third-order valence-electron chi connectivity index (χ3n) is 0.929. The summed E-state index contributed by atoms with van der Waals surface area (Å²) in [7, 11) is 0. The van der Waals surface area contributed by atoms with Crippen molar-refractivity contribution in [1.29, 1.82) is 0 Å². The van der Waals surface area contributed by atoms with Crippen LogP contribution < -0.4 is 5.73 Å². The summed E-state index contributed by atoms with van der Waals surface area (Å²) in [5.74, 6) is 0.822. The van der Waals surface area contributed by atoms with Crippen molar-refractivity contribution in [2.45, 2.75) is 6.42 Å². The summed E-state index contributed by atoms with van der Waals surface area (Å²) >= 11 is 4.66. The number of rotatable bonds is 2. The van der Waals surface area contributed by atoms with Gasteiger partial charge in [-0.15, -0.1) is 0 Å². The summed E-state index contributed by atoms with van der Waals surface area (Å²) in [5, 5.41) is 0. The molecule has 1 aromatic heterocycles. The first-order chi connectivity index (χ1) is 4.29. The van der Waals surface area contributed by atoms with E-state index in [0.29, 0.717) is 11.4 Å². The van der Waals surface area contributed by atoms with Gasteiger partial charge in [0.25, 0.3) is 0 Å². The highest BCUT2D eigenvalue weighted by Gasteiger charge is 1.94. The van der Waals surface area contributed by atoms with E-state index in [9.17, 15) is 0 Å². The third kappa shape index (κ3) is 1.85. The van der Waals surface area contributed by atoms with Gasteiger partial charge in [-0.3, -0.25) is 0 Å². The minimum atomic E-state index is 0.463. The molecule has 0 amide bonds. The van der Waals surface area contributed by atoms with Gasteiger partial charge in [-0.1, -0.05) is 12.2 Å².